The van der Waals surface area contributed by atoms with E-state index in [0.29, 0.717) is 0 Å². The van der Waals surface area contributed by atoms with Crippen LogP contribution in [-0.2, 0) is 0 Å². The summed E-state index contributed by atoms with van der Waals surface area (Å²) in [5, 5.41) is 4.95. The molecule has 5 aromatic heterocycles. The maximum atomic E-state index is 5.34. The zero-order valence-corrected chi connectivity index (χ0v) is 27.1. The van der Waals surface area contributed by atoms with Crippen molar-refractivity contribution in [2.75, 3.05) is 0 Å². The Labute approximate surface area is 282 Å². The van der Waals surface area contributed by atoms with Gasteiger partial charge in [0.2, 0.25) is 0 Å². The smallest absolute Gasteiger partial charge is 0.195 e. The van der Waals surface area contributed by atoms with Crippen molar-refractivity contribution >= 4 is 90.9 Å². The highest BCUT2D eigenvalue weighted by Gasteiger charge is 2.23. The molecule has 0 fully saturated rings. The monoisotopic (exact) mass is 648 g/mol. The Hall–Kier alpha value is -5.82. The summed E-state index contributed by atoms with van der Waals surface area (Å²) in [5.41, 5.74) is 11.2. The molecule has 0 unspecified atom stereocenters. The standard InChI is InChI=1S/C42H24N4S2/c1-2-15-29(38-41-31(23-24-43-38)28-14-5-9-19-36(28)47-41)25(11-1)26-12-3-6-16-32(26)45-33-17-7-4-13-27(33)30-21-22-35-39(40(30)45)44-42-46(35)34-18-8-10-20-37(34)48-42/h1-24H. The fourth-order valence-corrected chi connectivity index (χ4v) is 9.85. The van der Waals surface area contributed by atoms with Crippen LogP contribution in [0.4, 0.5) is 0 Å². The maximum absolute atomic E-state index is 5.34. The van der Waals surface area contributed by atoms with Crippen LogP contribution in [0.1, 0.15) is 0 Å². The number of thiazole rings is 1. The highest BCUT2D eigenvalue weighted by atomic mass is 32.1. The molecular weight excluding hydrogens is 625 g/mol. The minimum Gasteiger partial charge on any atom is -0.306 e. The predicted octanol–water partition coefficient (Wildman–Crippen LogP) is 11.9. The Morgan fingerprint density at radius 3 is 2.08 bits per heavy atom. The summed E-state index contributed by atoms with van der Waals surface area (Å²) in [5.74, 6) is 0. The second kappa shape index (κ2) is 9.84. The summed E-state index contributed by atoms with van der Waals surface area (Å²) in [6, 6.07) is 50.1. The number of benzene rings is 6. The number of imidazole rings is 1. The van der Waals surface area contributed by atoms with Gasteiger partial charge in [0.15, 0.2) is 4.96 Å². The van der Waals surface area contributed by atoms with Crippen LogP contribution < -0.4 is 0 Å². The van der Waals surface area contributed by atoms with Crippen LogP contribution in [0.5, 0.6) is 0 Å². The zero-order valence-electron chi connectivity index (χ0n) is 25.5. The first kappa shape index (κ1) is 26.3. The van der Waals surface area contributed by atoms with Crippen molar-refractivity contribution in [1.29, 1.82) is 0 Å². The van der Waals surface area contributed by atoms with Gasteiger partial charge in [-0.2, -0.15) is 0 Å². The number of hydrogen-bond donors (Lipinski definition) is 0. The first-order valence-corrected chi connectivity index (χ1v) is 17.6. The van der Waals surface area contributed by atoms with Crippen molar-refractivity contribution < 1.29 is 0 Å². The summed E-state index contributed by atoms with van der Waals surface area (Å²) in [6.45, 7) is 0. The average molecular weight is 649 g/mol. The molecule has 11 rings (SSSR count). The number of hydrogen-bond acceptors (Lipinski definition) is 4. The molecule has 0 aliphatic carbocycles. The van der Waals surface area contributed by atoms with Crippen LogP contribution in [0.15, 0.2) is 146 Å². The van der Waals surface area contributed by atoms with E-state index in [1.807, 2.05) is 17.5 Å². The van der Waals surface area contributed by atoms with Gasteiger partial charge in [-0.15, -0.1) is 11.3 Å². The second-order valence-corrected chi connectivity index (χ2v) is 14.2. The van der Waals surface area contributed by atoms with E-state index in [1.54, 1.807) is 11.3 Å². The van der Waals surface area contributed by atoms with E-state index >= 15 is 0 Å². The lowest BCUT2D eigenvalue weighted by Gasteiger charge is -2.17. The fourth-order valence-electron chi connectivity index (χ4n) is 7.61. The van der Waals surface area contributed by atoms with Crippen LogP contribution in [0, 0.1) is 0 Å². The van der Waals surface area contributed by atoms with Gasteiger partial charge in [0.25, 0.3) is 0 Å². The number of nitrogens with zero attached hydrogens (tertiary/aromatic N) is 4. The largest absolute Gasteiger partial charge is 0.306 e. The second-order valence-electron chi connectivity index (χ2n) is 12.2. The topological polar surface area (TPSA) is 35.1 Å². The molecule has 11 aromatic rings. The van der Waals surface area contributed by atoms with E-state index in [-0.39, 0.29) is 0 Å². The predicted molar refractivity (Wildman–Crippen MR) is 204 cm³/mol. The van der Waals surface area contributed by atoms with E-state index in [4.69, 9.17) is 9.97 Å². The zero-order chi connectivity index (χ0) is 31.3. The summed E-state index contributed by atoms with van der Waals surface area (Å²) >= 11 is 3.56. The number of aromatic nitrogens is 4. The first-order chi connectivity index (χ1) is 23.8. The van der Waals surface area contributed by atoms with Gasteiger partial charge in [0.05, 0.1) is 42.8 Å². The number of rotatable bonds is 3. The van der Waals surface area contributed by atoms with Crippen LogP contribution in [0.2, 0.25) is 0 Å². The van der Waals surface area contributed by atoms with Crippen molar-refractivity contribution in [3.63, 3.8) is 0 Å². The molecule has 0 aliphatic rings. The number of thiophene rings is 1. The Kier molecular flexibility index (Phi) is 5.39. The van der Waals surface area contributed by atoms with Gasteiger partial charge in [-0.25, -0.2) is 4.98 Å². The lowest BCUT2D eigenvalue weighted by atomic mass is 9.95. The van der Waals surface area contributed by atoms with Gasteiger partial charge < -0.3 is 4.57 Å². The van der Waals surface area contributed by atoms with Crippen molar-refractivity contribution in [2.24, 2.45) is 0 Å². The molecule has 6 heteroatoms. The number of para-hydroxylation sites is 3. The highest BCUT2D eigenvalue weighted by molar-refractivity contribution is 7.26. The van der Waals surface area contributed by atoms with Gasteiger partial charge in [0.1, 0.15) is 5.52 Å². The number of pyridine rings is 1. The van der Waals surface area contributed by atoms with Crippen molar-refractivity contribution in [1.82, 2.24) is 18.9 Å². The molecule has 0 saturated heterocycles. The Morgan fingerprint density at radius 1 is 0.479 bits per heavy atom. The van der Waals surface area contributed by atoms with Gasteiger partial charge >= 0.3 is 0 Å². The molecule has 0 spiro atoms. The molecule has 0 aliphatic heterocycles. The summed E-state index contributed by atoms with van der Waals surface area (Å²) in [7, 11) is 0. The Bertz CT molecular complexity index is 3080. The van der Waals surface area contributed by atoms with Gasteiger partial charge in [-0.05, 0) is 54.1 Å². The van der Waals surface area contributed by atoms with Crippen LogP contribution >= 0.6 is 22.7 Å². The molecule has 0 atom stereocenters. The highest BCUT2D eigenvalue weighted by Crippen LogP contribution is 2.45. The normalized spacial score (nSPS) is 12.2. The van der Waals surface area contributed by atoms with Crippen LogP contribution in [0.3, 0.4) is 0 Å². The SMILES string of the molecule is c1ccc(-c2nccc3c2sc2ccccc23)c(-c2ccccc2-n2c3ccccc3c3ccc4c(nc5sc6ccccc6n54)c32)c1. The fraction of sp³-hybridized carbons (Fsp3) is 0. The molecule has 5 heterocycles. The van der Waals surface area contributed by atoms with Crippen LogP contribution in [-0.4, -0.2) is 18.9 Å². The third-order valence-corrected chi connectivity index (χ3v) is 11.9. The van der Waals surface area contributed by atoms with E-state index in [0.717, 1.165) is 55.1 Å². The molecule has 4 nitrogen and oxygen atoms in total. The minimum absolute atomic E-state index is 1.01. The first-order valence-electron chi connectivity index (χ1n) is 16.0. The molecule has 0 N–H and O–H groups in total. The third kappa shape index (κ3) is 3.53. The molecule has 0 saturated carbocycles. The molecule has 0 radical (unpaired) electrons. The average Bonchev–Trinajstić information content (AvgIpc) is 3.89. The van der Waals surface area contributed by atoms with Crippen molar-refractivity contribution in [3.8, 4) is 28.1 Å². The van der Waals surface area contributed by atoms with Gasteiger partial charge in [-0.1, -0.05) is 102 Å². The number of fused-ring (bicyclic) bond motifs is 12. The van der Waals surface area contributed by atoms with Crippen molar-refractivity contribution in [2.45, 2.75) is 0 Å². The van der Waals surface area contributed by atoms with Crippen molar-refractivity contribution in [3.05, 3.63) is 146 Å². The molecular formula is C42H24N4S2. The van der Waals surface area contributed by atoms with E-state index in [9.17, 15) is 0 Å². The molecule has 0 amide bonds. The Morgan fingerprint density at radius 2 is 1.19 bits per heavy atom. The van der Waals surface area contributed by atoms with Gasteiger partial charge in [-0.3, -0.25) is 9.38 Å². The van der Waals surface area contributed by atoms with E-state index < -0.39 is 0 Å². The van der Waals surface area contributed by atoms with E-state index in [2.05, 4.69) is 148 Å². The maximum Gasteiger partial charge on any atom is 0.195 e. The lowest BCUT2D eigenvalue weighted by molar-refractivity contribution is 1.18. The Balaban J connectivity index is 1.23. The van der Waals surface area contributed by atoms with E-state index in [1.165, 1.54) is 41.2 Å². The summed E-state index contributed by atoms with van der Waals surface area (Å²) < 4.78 is 8.49. The quantitative estimate of drug-likeness (QED) is 0.191. The summed E-state index contributed by atoms with van der Waals surface area (Å²) in [4.78, 5) is 11.4. The minimum atomic E-state index is 1.01. The third-order valence-electron chi connectivity index (χ3n) is 9.65. The van der Waals surface area contributed by atoms with Crippen LogP contribution in [0.25, 0.3) is 96.3 Å². The molecule has 224 valence electrons. The molecule has 0 bridgehead atoms. The molecule has 6 aromatic carbocycles. The summed E-state index contributed by atoms with van der Waals surface area (Å²) in [6.07, 6.45) is 1.96. The molecule has 48 heavy (non-hydrogen) atoms. The lowest BCUT2D eigenvalue weighted by Crippen LogP contribution is -1.99. The van der Waals surface area contributed by atoms with Gasteiger partial charge in [0, 0.05) is 43.6 Å².